The zero-order chi connectivity index (χ0) is 12.0. The highest BCUT2D eigenvalue weighted by Gasteiger charge is 2.04. The van der Waals surface area contributed by atoms with Gasteiger partial charge in [-0.05, 0) is 35.9 Å². The molecule has 1 aromatic rings. The first kappa shape index (κ1) is 12.8. The molecular formula is C11H15FN2OS. The lowest BCUT2D eigenvalue weighted by molar-refractivity contribution is 0.318. The summed E-state index contributed by atoms with van der Waals surface area (Å²) in [4.78, 5) is 0. The molecule has 3 nitrogen and oxygen atoms in total. The number of nitrogens with zero attached hydrogens (tertiary/aromatic N) is 1. The van der Waals surface area contributed by atoms with Gasteiger partial charge in [0.05, 0.1) is 0 Å². The van der Waals surface area contributed by atoms with Gasteiger partial charge in [-0.15, -0.1) is 0 Å². The van der Waals surface area contributed by atoms with Crippen molar-refractivity contribution in [1.29, 1.82) is 0 Å². The molecule has 0 unspecified atom stereocenters. The lowest BCUT2D eigenvalue weighted by Crippen LogP contribution is -2.13. The van der Waals surface area contributed by atoms with Crippen LogP contribution in [0.25, 0.3) is 0 Å². The van der Waals surface area contributed by atoms with Crippen molar-refractivity contribution in [1.82, 2.24) is 0 Å². The fourth-order valence-electron chi connectivity index (χ4n) is 1.27. The Morgan fingerprint density at radius 2 is 2.25 bits per heavy atom. The van der Waals surface area contributed by atoms with Crippen LogP contribution in [0, 0.1) is 5.82 Å². The van der Waals surface area contributed by atoms with Crippen molar-refractivity contribution < 1.29 is 9.60 Å². The van der Waals surface area contributed by atoms with E-state index in [0.29, 0.717) is 5.56 Å². The van der Waals surface area contributed by atoms with Gasteiger partial charge in [0.1, 0.15) is 5.82 Å². The van der Waals surface area contributed by atoms with Gasteiger partial charge in [0.25, 0.3) is 0 Å². The van der Waals surface area contributed by atoms with Crippen LogP contribution in [0.1, 0.15) is 24.5 Å². The molecular weight excluding hydrogens is 227 g/mol. The molecule has 0 saturated heterocycles. The maximum Gasteiger partial charge on any atom is 0.170 e. The minimum atomic E-state index is -0.365. The molecule has 0 bridgehead atoms. The summed E-state index contributed by atoms with van der Waals surface area (Å²) in [6.45, 7) is 2.10. The highest BCUT2D eigenvalue weighted by molar-refractivity contribution is 7.98. The largest absolute Gasteiger partial charge is 0.409 e. The number of amidine groups is 1. The third kappa shape index (κ3) is 3.73. The summed E-state index contributed by atoms with van der Waals surface area (Å²) < 4.78 is 13.2. The van der Waals surface area contributed by atoms with Crippen LogP contribution in [0.5, 0.6) is 0 Å². The Balaban J connectivity index is 2.82. The summed E-state index contributed by atoms with van der Waals surface area (Å²) >= 11 is 1.73. The first-order chi connectivity index (χ1) is 7.67. The van der Waals surface area contributed by atoms with Gasteiger partial charge in [-0.3, -0.25) is 0 Å². The Labute approximate surface area is 98.5 Å². The number of benzene rings is 1. The molecule has 88 valence electrons. The predicted molar refractivity (Wildman–Crippen MR) is 65.4 cm³/mol. The number of nitrogens with two attached hydrogens (primary N) is 1. The molecule has 0 aromatic heterocycles. The Hall–Kier alpha value is -1.23. The van der Waals surface area contributed by atoms with Crippen molar-refractivity contribution in [3.05, 3.63) is 35.1 Å². The van der Waals surface area contributed by atoms with E-state index in [9.17, 15) is 4.39 Å². The van der Waals surface area contributed by atoms with Gasteiger partial charge >= 0.3 is 0 Å². The minimum absolute atomic E-state index is 0.0683. The van der Waals surface area contributed by atoms with Crippen LogP contribution in [0.3, 0.4) is 0 Å². The molecule has 5 heteroatoms. The highest BCUT2D eigenvalue weighted by atomic mass is 32.2. The van der Waals surface area contributed by atoms with E-state index in [4.69, 9.17) is 10.9 Å². The lowest BCUT2D eigenvalue weighted by atomic mass is 10.1. The van der Waals surface area contributed by atoms with Crippen molar-refractivity contribution in [2.75, 3.05) is 5.75 Å². The summed E-state index contributed by atoms with van der Waals surface area (Å²) in [5.41, 5.74) is 6.67. The number of hydrogen-bond acceptors (Lipinski definition) is 3. The van der Waals surface area contributed by atoms with Crippen molar-refractivity contribution in [2.24, 2.45) is 10.9 Å². The molecule has 0 aliphatic rings. The van der Waals surface area contributed by atoms with Crippen LogP contribution in [-0.2, 0) is 5.75 Å². The van der Waals surface area contributed by atoms with Crippen LogP contribution in [0.4, 0.5) is 4.39 Å². The van der Waals surface area contributed by atoms with Crippen molar-refractivity contribution >= 4 is 17.6 Å². The molecule has 1 aromatic carbocycles. The molecule has 0 heterocycles. The lowest BCUT2D eigenvalue weighted by Gasteiger charge is -2.04. The van der Waals surface area contributed by atoms with E-state index >= 15 is 0 Å². The molecule has 0 saturated carbocycles. The Morgan fingerprint density at radius 3 is 2.88 bits per heavy atom. The topological polar surface area (TPSA) is 58.6 Å². The summed E-state index contributed by atoms with van der Waals surface area (Å²) in [5.74, 6) is 1.34. The molecule has 16 heavy (non-hydrogen) atoms. The van der Waals surface area contributed by atoms with Gasteiger partial charge < -0.3 is 10.9 Å². The fraction of sp³-hybridized carbons (Fsp3) is 0.364. The van der Waals surface area contributed by atoms with Gasteiger partial charge in [-0.25, -0.2) is 4.39 Å². The third-order valence-corrected chi connectivity index (χ3v) is 3.21. The van der Waals surface area contributed by atoms with Crippen LogP contribution >= 0.6 is 11.8 Å². The molecule has 0 amide bonds. The molecule has 0 aliphatic carbocycles. The quantitative estimate of drug-likeness (QED) is 0.274. The standard InChI is InChI=1S/C11H15FN2OS/c1-2-3-16-7-8-4-9(11(13)14-15)6-10(12)5-8/h4-6,15H,2-3,7H2,1H3,(H2,13,14). The van der Waals surface area contributed by atoms with Crippen LogP contribution in [0.15, 0.2) is 23.4 Å². The second-order valence-corrected chi connectivity index (χ2v) is 4.49. The van der Waals surface area contributed by atoms with Gasteiger partial charge in [0.15, 0.2) is 5.84 Å². The van der Waals surface area contributed by atoms with Crippen molar-refractivity contribution in [3.8, 4) is 0 Å². The summed E-state index contributed by atoms with van der Waals surface area (Å²) in [6.07, 6.45) is 1.09. The minimum Gasteiger partial charge on any atom is -0.409 e. The van der Waals surface area contributed by atoms with Gasteiger partial charge in [-0.2, -0.15) is 11.8 Å². The first-order valence-electron chi connectivity index (χ1n) is 5.02. The molecule has 0 fully saturated rings. The third-order valence-electron chi connectivity index (χ3n) is 1.98. The molecule has 0 radical (unpaired) electrons. The zero-order valence-corrected chi connectivity index (χ0v) is 9.93. The van der Waals surface area contributed by atoms with E-state index < -0.39 is 0 Å². The van der Waals surface area contributed by atoms with Gasteiger partial charge in [0.2, 0.25) is 0 Å². The van der Waals surface area contributed by atoms with E-state index in [1.165, 1.54) is 12.1 Å². The second-order valence-electron chi connectivity index (χ2n) is 3.39. The Morgan fingerprint density at radius 1 is 1.50 bits per heavy atom. The Kier molecular flexibility index (Phi) is 5.11. The molecule has 0 spiro atoms. The number of hydrogen-bond donors (Lipinski definition) is 2. The fourth-order valence-corrected chi connectivity index (χ4v) is 2.11. The SMILES string of the molecule is CCCSCc1cc(F)cc(/C(N)=N/O)c1. The van der Waals surface area contributed by atoms with E-state index in [-0.39, 0.29) is 11.7 Å². The maximum absolute atomic E-state index is 13.2. The number of halogens is 1. The van der Waals surface area contributed by atoms with Crippen LogP contribution < -0.4 is 5.73 Å². The van der Waals surface area contributed by atoms with Gasteiger partial charge in [-0.1, -0.05) is 12.1 Å². The molecule has 1 rings (SSSR count). The molecule has 3 N–H and O–H groups in total. The van der Waals surface area contributed by atoms with E-state index in [1.54, 1.807) is 17.8 Å². The maximum atomic E-state index is 13.2. The van der Waals surface area contributed by atoms with Crippen molar-refractivity contribution in [3.63, 3.8) is 0 Å². The number of oxime groups is 1. The first-order valence-corrected chi connectivity index (χ1v) is 6.18. The van der Waals surface area contributed by atoms with Crippen LogP contribution in [0.2, 0.25) is 0 Å². The van der Waals surface area contributed by atoms with Gasteiger partial charge in [0, 0.05) is 11.3 Å². The average Bonchev–Trinajstić information content (AvgIpc) is 2.27. The normalized spacial score (nSPS) is 11.8. The zero-order valence-electron chi connectivity index (χ0n) is 9.11. The monoisotopic (exact) mass is 242 g/mol. The molecule has 0 aliphatic heterocycles. The highest BCUT2D eigenvalue weighted by Crippen LogP contribution is 2.16. The second kappa shape index (κ2) is 6.37. The molecule has 0 atom stereocenters. The van der Waals surface area contributed by atoms with E-state index in [1.807, 2.05) is 0 Å². The Bertz CT molecular complexity index is 382. The summed E-state index contributed by atoms with van der Waals surface area (Å²) in [5, 5.41) is 11.4. The van der Waals surface area contributed by atoms with Crippen molar-refractivity contribution in [2.45, 2.75) is 19.1 Å². The van der Waals surface area contributed by atoms with Crippen LogP contribution in [-0.4, -0.2) is 16.8 Å². The predicted octanol–water partition coefficient (Wildman–Crippen LogP) is 2.56. The number of rotatable bonds is 5. The van der Waals surface area contributed by atoms with E-state index in [0.717, 1.165) is 23.5 Å². The summed E-state index contributed by atoms with van der Waals surface area (Å²) in [6, 6.07) is 4.46. The summed E-state index contributed by atoms with van der Waals surface area (Å²) in [7, 11) is 0. The van der Waals surface area contributed by atoms with E-state index in [2.05, 4.69) is 12.1 Å². The number of thioether (sulfide) groups is 1. The average molecular weight is 242 g/mol. The smallest absolute Gasteiger partial charge is 0.170 e.